The van der Waals surface area contributed by atoms with Gasteiger partial charge in [-0.25, -0.2) is 0 Å². The Morgan fingerprint density at radius 2 is 0.389 bits per heavy atom. The van der Waals surface area contributed by atoms with E-state index in [0.717, 1.165) is 44.9 Å². The fourth-order valence-electron chi connectivity index (χ4n) is 7.69. The first kappa shape index (κ1) is 174. The SMILES string of the molecule is CC(C)(C)C(=O)OCCO.CCC(=O)C(C)(C)C.CCC(=O)C(C)(C)C.CCC(=O)C(C)(C)C.CCC(=O)C(C)(C)C.CCC(=O)C(C)(C)C.CCCC(=O)C(C)(C)C.CCCC(=O)C(C)(C)C.CCCCC(=O)C(C)(C)C.CCOC(=O)C(C)(C)C.CCOCC(=O)C(C)(C)C.COC(=O)C(C)(C)C.COCC(=O)C(C)(C)C.COCC(=O)C(C)(C)C.COCCC(=O)C(C)(C)C.COCCOC(=O)C(C)(C)C. The Morgan fingerprint density at radius 1 is 0.188 bits per heavy atom. The number of aliphatic hydroxyl groups excluding tert-OH is 1. The standard InChI is InChI=1S/C9H18O.C8H16O3.2C8H16O2.2C8H16O.C7H14O3.3C7H14O2.5C7H14O.C6H12O2/c1-5-6-7-8(10)9(2,3)4;1-8(2,3)7(9)11-6-5-10-4;1-8(2,3)7(9)5-6-10-4;1-5-10-6-7(9)8(2,3)4;2*1-5-6-7(9)8(2,3)4;1-7(2,3)6(9)10-5-4-8;2*1-7(2,3)6(8)5-9-4;1-5-9-6(8)7(2,3)4;5*1-5-6(8)7(2,3)4;1-6(2,3)5(7)8-4/h5-7H2,1-4H3;5-6H2,1-4H3;2*5-6H2,1-4H3;2*5-6H2,1-4H3;8H,4-5H2,1-3H3;3*5H2,1-4H3;5*5H2,1-4H3;1-4H3. The van der Waals surface area contributed by atoms with Crippen LogP contribution in [0.15, 0.2) is 0 Å². The number of unbranched alkanes of at least 4 members (excludes halogenated alkanes) is 1. The number of methoxy groups -OCH3 is 5. The maximum absolute atomic E-state index is 11.2. The minimum absolute atomic E-state index is 0.0934. The second-order valence-corrected chi connectivity index (χ2v) is 50.9. The lowest BCUT2D eigenvalue weighted by Gasteiger charge is -2.15. The maximum Gasteiger partial charge on any atom is 0.311 e. The van der Waals surface area contributed by atoms with Crippen LogP contribution in [0.3, 0.4) is 0 Å². The third kappa shape index (κ3) is 130. The van der Waals surface area contributed by atoms with Crippen LogP contribution in [0.1, 0.15) is 485 Å². The molecular weight excluding hydrogens is 1830 g/mol. The zero-order chi connectivity index (χ0) is 120. The second kappa shape index (κ2) is 87.4. The Balaban J connectivity index is -0.0000000868. The lowest BCUT2D eigenvalue weighted by molar-refractivity contribution is -0.154. The third-order valence-electron chi connectivity index (χ3n) is 18.6. The average Bonchev–Trinajstić information content (AvgIpc) is 0.920. The summed E-state index contributed by atoms with van der Waals surface area (Å²) < 4.78 is 42.6. The van der Waals surface area contributed by atoms with Gasteiger partial charge in [0.05, 0.1) is 55.2 Å². The predicted octanol–water partition coefficient (Wildman–Crippen LogP) is 28.0. The van der Waals surface area contributed by atoms with Crippen LogP contribution >= 0.6 is 0 Å². The van der Waals surface area contributed by atoms with Gasteiger partial charge in [-0.2, -0.15) is 0 Å². The van der Waals surface area contributed by atoms with Crippen LogP contribution < -0.4 is 0 Å². The van der Waals surface area contributed by atoms with Gasteiger partial charge in [0.15, 0.2) is 17.3 Å². The highest BCUT2D eigenvalue weighted by Crippen LogP contribution is 2.26. The number of carbonyl (C=O) groups is 16. The van der Waals surface area contributed by atoms with E-state index in [1.54, 1.807) is 35.0 Å². The predicted molar refractivity (Wildman–Crippen MR) is 598 cm³/mol. The van der Waals surface area contributed by atoms with Crippen LogP contribution in [0, 0.1) is 86.6 Å². The van der Waals surface area contributed by atoms with E-state index in [0.29, 0.717) is 118 Å². The van der Waals surface area contributed by atoms with Gasteiger partial charge in [0.1, 0.15) is 85.1 Å². The van der Waals surface area contributed by atoms with Gasteiger partial charge in [-0.3, -0.25) is 76.7 Å². The van der Waals surface area contributed by atoms with Gasteiger partial charge >= 0.3 is 23.9 Å². The van der Waals surface area contributed by atoms with Crippen molar-refractivity contribution in [2.75, 3.05) is 102 Å². The fraction of sp³-hybridized carbons (Fsp3) is 0.864. The molecule has 0 fully saturated rings. The van der Waals surface area contributed by atoms with E-state index in [1.807, 2.05) is 374 Å². The minimum Gasteiger partial charge on any atom is -0.469 e. The summed E-state index contributed by atoms with van der Waals surface area (Å²) in [5.41, 5.74) is -3.59. The molecule has 0 aliphatic carbocycles. The van der Waals surface area contributed by atoms with Gasteiger partial charge in [-0.1, -0.05) is 311 Å². The number of rotatable bonds is 28. The molecule has 0 aliphatic rings. The van der Waals surface area contributed by atoms with Gasteiger partial charge in [-0.15, -0.1) is 0 Å². The van der Waals surface area contributed by atoms with E-state index in [-0.39, 0.29) is 156 Å². The minimum atomic E-state index is -0.463. The van der Waals surface area contributed by atoms with E-state index in [1.165, 1.54) is 21.3 Å². The van der Waals surface area contributed by atoms with Crippen molar-refractivity contribution in [3.8, 4) is 0 Å². The van der Waals surface area contributed by atoms with Gasteiger partial charge < -0.3 is 47.7 Å². The zero-order valence-corrected chi connectivity index (χ0v) is 106. The normalized spacial score (nSPS) is 11.4. The molecule has 0 unspecified atom stereocenters. The lowest BCUT2D eigenvalue weighted by Crippen LogP contribution is -2.24. The molecule has 0 bridgehead atoms. The van der Waals surface area contributed by atoms with Gasteiger partial charge in [-0.05, 0) is 116 Å². The van der Waals surface area contributed by atoms with Gasteiger partial charge in [0.2, 0.25) is 0 Å². The molecule has 0 saturated heterocycles. The molecule has 144 heavy (non-hydrogen) atoms. The first-order valence-corrected chi connectivity index (χ1v) is 51.9. The Kier molecular flexibility index (Phi) is 105. The van der Waals surface area contributed by atoms with Crippen molar-refractivity contribution in [3.63, 3.8) is 0 Å². The summed E-state index contributed by atoms with van der Waals surface area (Å²) in [4.78, 5) is 175. The molecule has 0 rings (SSSR count). The molecule has 1 N–H and O–H groups in total. The first-order chi connectivity index (χ1) is 63.7. The molecule has 0 aromatic rings. The monoisotopic (exact) mass is 2070 g/mol. The van der Waals surface area contributed by atoms with Crippen molar-refractivity contribution in [2.45, 2.75) is 485 Å². The molecule has 0 radical (unpaired) electrons. The van der Waals surface area contributed by atoms with Crippen molar-refractivity contribution >= 4 is 93.3 Å². The molecule has 0 atom stereocenters. The third-order valence-corrected chi connectivity index (χ3v) is 18.6. The van der Waals surface area contributed by atoms with E-state index in [9.17, 15) is 76.7 Å². The number of carbonyl (C=O) groups excluding carboxylic acids is 16. The fourth-order valence-corrected chi connectivity index (χ4v) is 7.69. The highest BCUT2D eigenvalue weighted by atomic mass is 16.6. The van der Waals surface area contributed by atoms with Crippen LogP contribution in [0.25, 0.3) is 0 Å². The van der Waals surface area contributed by atoms with Crippen LogP contribution in [0.2, 0.25) is 0 Å². The zero-order valence-electron chi connectivity index (χ0n) is 106. The Hall–Kier alpha value is -6.32. The van der Waals surface area contributed by atoms with Crippen LogP contribution in [0.5, 0.6) is 0 Å². The number of ether oxygens (including phenoxy) is 9. The largest absolute Gasteiger partial charge is 0.469 e. The molecule has 0 heterocycles. The van der Waals surface area contributed by atoms with Crippen molar-refractivity contribution in [3.05, 3.63) is 0 Å². The molecule has 0 aliphatic heterocycles. The molecule has 0 aromatic carbocycles. The lowest BCUT2D eigenvalue weighted by atomic mass is 9.88. The van der Waals surface area contributed by atoms with Gasteiger partial charge in [0.25, 0.3) is 0 Å². The Labute approximate surface area is 886 Å². The molecule has 0 aromatic heterocycles. The van der Waals surface area contributed by atoms with Gasteiger partial charge in [0, 0.05) is 158 Å². The smallest absolute Gasteiger partial charge is 0.311 e. The number of esters is 4. The van der Waals surface area contributed by atoms with E-state index in [2.05, 4.69) is 25.9 Å². The summed E-state index contributed by atoms with van der Waals surface area (Å²) in [7, 11) is 7.64. The van der Waals surface area contributed by atoms with Crippen molar-refractivity contribution in [1.82, 2.24) is 0 Å². The molecule has 0 saturated carbocycles. The number of hydrogen-bond acceptors (Lipinski definition) is 26. The second-order valence-electron chi connectivity index (χ2n) is 50.9. The summed E-state index contributed by atoms with van der Waals surface area (Å²) in [5, 5.41) is 8.30. The highest BCUT2D eigenvalue weighted by molar-refractivity contribution is 5.89. The highest BCUT2D eigenvalue weighted by Gasteiger charge is 2.30. The van der Waals surface area contributed by atoms with Crippen LogP contribution in [-0.2, 0) is 119 Å². The topological polar surface area (TPSA) is 376 Å². The van der Waals surface area contributed by atoms with Crippen LogP contribution in [0.4, 0.5) is 0 Å². The molecule has 0 spiro atoms. The maximum atomic E-state index is 11.2. The summed E-state index contributed by atoms with van der Waals surface area (Å²) in [6, 6.07) is 0. The average molecular weight is 2070 g/mol. The number of aliphatic hydroxyl groups is 1. The number of hydrogen-bond donors (Lipinski definition) is 1. The summed E-state index contributed by atoms with van der Waals surface area (Å²) in [6.07, 6.45) is 10.1. The first-order valence-electron chi connectivity index (χ1n) is 51.9. The molecule has 0 amide bonds. The van der Waals surface area contributed by atoms with Crippen molar-refractivity contribution in [2.24, 2.45) is 86.6 Å². The van der Waals surface area contributed by atoms with Crippen molar-refractivity contribution < 1.29 is 124 Å². The molecule has 26 heteroatoms. The van der Waals surface area contributed by atoms with Crippen LogP contribution in [-0.4, -0.2) is 200 Å². The number of Topliss-reactive ketones (excluding diaryl/α,β-unsaturated/α-hetero) is 12. The quantitative estimate of drug-likeness (QED) is 0.0432. The Bertz CT molecular complexity index is 2900. The van der Waals surface area contributed by atoms with E-state index >= 15 is 0 Å². The Morgan fingerprint density at radius 3 is 0.514 bits per heavy atom. The number of ketones is 12. The summed E-state index contributed by atoms with van der Waals surface area (Å²) >= 11 is 0. The molecular formula is C118H236O26. The summed E-state index contributed by atoms with van der Waals surface area (Å²) in [5.74, 6) is 2.71. The summed E-state index contributed by atoms with van der Waals surface area (Å²) in [6.45, 7) is 114. The molecule has 26 nitrogen and oxygen atoms in total. The van der Waals surface area contributed by atoms with Crippen molar-refractivity contribution in [1.29, 1.82) is 0 Å². The van der Waals surface area contributed by atoms with E-state index < -0.39 is 10.8 Å². The van der Waals surface area contributed by atoms with E-state index in [4.69, 9.17) is 28.8 Å². The molecule has 864 valence electrons.